The number of benzene rings is 1. The van der Waals surface area contributed by atoms with Gasteiger partial charge < -0.3 is 15.4 Å². The van der Waals surface area contributed by atoms with Crippen molar-refractivity contribution in [1.29, 1.82) is 0 Å². The first-order valence-corrected chi connectivity index (χ1v) is 11.8. The van der Waals surface area contributed by atoms with Gasteiger partial charge in [0.1, 0.15) is 9.88 Å². The van der Waals surface area contributed by atoms with E-state index in [2.05, 4.69) is 22.2 Å². The van der Waals surface area contributed by atoms with E-state index in [1.165, 1.54) is 22.7 Å². The van der Waals surface area contributed by atoms with Crippen molar-refractivity contribution in [2.24, 2.45) is 0 Å². The molecule has 2 N–H and O–H groups in total. The fourth-order valence-electron chi connectivity index (χ4n) is 3.79. The van der Waals surface area contributed by atoms with Crippen LogP contribution in [0.25, 0.3) is 37.6 Å². The van der Waals surface area contributed by atoms with Crippen LogP contribution < -0.4 is 10.6 Å². The average molecular weight is 465 g/mol. The predicted molar refractivity (Wildman–Crippen MR) is 130 cm³/mol. The molecule has 162 valence electrons. The average Bonchev–Trinajstić information content (AvgIpc) is 3.36. The molecule has 4 heterocycles. The van der Waals surface area contributed by atoms with E-state index < -0.39 is 5.97 Å². The molecule has 0 aliphatic carbocycles. The highest BCUT2D eigenvalue weighted by molar-refractivity contribution is 7.21. The number of fused-ring (bicyclic) bond motifs is 5. The second-order valence-electron chi connectivity index (χ2n) is 7.42. The summed E-state index contributed by atoms with van der Waals surface area (Å²) in [5.41, 5.74) is 2.52. The van der Waals surface area contributed by atoms with Gasteiger partial charge in [0.05, 0.1) is 28.4 Å². The maximum absolute atomic E-state index is 12.6. The van der Waals surface area contributed by atoms with Crippen LogP contribution in [0.1, 0.15) is 39.0 Å². The number of carbonyl (C=O) groups is 2. The van der Waals surface area contributed by atoms with Crippen molar-refractivity contribution in [2.75, 3.05) is 18.5 Å². The van der Waals surface area contributed by atoms with E-state index in [-0.39, 0.29) is 24.2 Å². The second-order valence-corrected chi connectivity index (χ2v) is 9.50. The van der Waals surface area contributed by atoms with E-state index in [0.717, 1.165) is 26.7 Å². The number of nitrogens with zero attached hydrogens (tertiary/aromatic N) is 2. The minimum atomic E-state index is -0.475. The molecule has 3 aromatic heterocycles. The highest BCUT2D eigenvalue weighted by Gasteiger charge is 2.25. The van der Waals surface area contributed by atoms with Gasteiger partial charge >= 0.3 is 5.97 Å². The van der Waals surface area contributed by atoms with Crippen molar-refractivity contribution >= 4 is 67.3 Å². The van der Waals surface area contributed by atoms with Crippen LogP contribution in [0.4, 0.5) is 5.69 Å². The molecule has 0 unspecified atom stereocenters. The number of ether oxygens (including phenoxy) is 1. The minimum Gasteiger partial charge on any atom is -0.461 e. The molecule has 1 aliphatic heterocycles. The van der Waals surface area contributed by atoms with Crippen molar-refractivity contribution in [2.45, 2.75) is 19.9 Å². The van der Waals surface area contributed by atoms with Gasteiger partial charge in [0.25, 0.3) is 5.91 Å². The third-order valence-electron chi connectivity index (χ3n) is 5.21. The zero-order chi connectivity index (χ0) is 22.4. The second kappa shape index (κ2) is 7.99. The van der Waals surface area contributed by atoms with E-state index in [1.807, 2.05) is 31.2 Å². The van der Waals surface area contributed by atoms with Gasteiger partial charge in [0, 0.05) is 28.1 Å². The monoisotopic (exact) mass is 464 g/mol. The molecular formula is C23H20N4O3S2. The number of aromatic nitrogens is 2. The standard InChI is InChI=1S/C23H20N4O3S2/c1-4-16-27-19(23(29)30-5-2)20(32-16)14-7-6-12-13(26-14)8-9-15-17(12)18-21(31-15)22(28)25-11(3)10-24-18/h4,6-9,11,24H,1,5,10H2,2-3H3,(H,25,28)/t11-/m1/s1. The van der Waals surface area contributed by atoms with E-state index in [9.17, 15) is 9.59 Å². The summed E-state index contributed by atoms with van der Waals surface area (Å²) in [5, 5.41) is 9.02. The van der Waals surface area contributed by atoms with Gasteiger partial charge in [-0.15, -0.1) is 22.7 Å². The van der Waals surface area contributed by atoms with Crippen LogP contribution in [0.5, 0.6) is 0 Å². The van der Waals surface area contributed by atoms with E-state index in [0.29, 0.717) is 27.0 Å². The summed E-state index contributed by atoms with van der Waals surface area (Å²) < 4.78 is 6.20. The van der Waals surface area contributed by atoms with Crippen LogP contribution in [0, 0.1) is 0 Å². The molecule has 1 atom stereocenters. The van der Waals surface area contributed by atoms with Crippen molar-refractivity contribution in [1.82, 2.24) is 15.3 Å². The third-order valence-corrected chi connectivity index (χ3v) is 7.44. The largest absolute Gasteiger partial charge is 0.461 e. The maximum atomic E-state index is 12.6. The molecule has 1 aliphatic rings. The lowest BCUT2D eigenvalue weighted by Gasteiger charge is -2.10. The first-order chi connectivity index (χ1) is 15.5. The van der Waals surface area contributed by atoms with Gasteiger partial charge in [-0.1, -0.05) is 6.58 Å². The number of anilines is 1. The summed E-state index contributed by atoms with van der Waals surface area (Å²) in [6, 6.07) is 7.85. The van der Waals surface area contributed by atoms with E-state index in [4.69, 9.17) is 9.72 Å². The topological polar surface area (TPSA) is 93.2 Å². The molecule has 9 heteroatoms. The summed E-state index contributed by atoms with van der Waals surface area (Å²) in [6.45, 7) is 8.42. The highest BCUT2D eigenvalue weighted by Crippen LogP contribution is 2.41. The van der Waals surface area contributed by atoms with Crippen LogP contribution in [0.2, 0.25) is 0 Å². The molecule has 7 nitrogen and oxygen atoms in total. The Kier molecular flexibility index (Phi) is 5.15. The minimum absolute atomic E-state index is 0.0449. The number of rotatable bonds is 4. The lowest BCUT2D eigenvalue weighted by atomic mass is 10.1. The van der Waals surface area contributed by atoms with E-state index in [1.54, 1.807) is 13.0 Å². The first-order valence-electron chi connectivity index (χ1n) is 10.2. The lowest BCUT2D eigenvalue weighted by molar-refractivity contribution is 0.0521. The quantitative estimate of drug-likeness (QED) is 0.416. The fourth-order valence-corrected chi connectivity index (χ4v) is 5.76. The van der Waals surface area contributed by atoms with Crippen molar-refractivity contribution in [3.63, 3.8) is 0 Å². The molecular weight excluding hydrogens is 444 g/mol. The maximum Gasteiger partial charge on any atom is 0.358 e. The van der Waals surface area contributed by atoms with Gasteiger partial charge in [-0.05, 0) is 44.2 Å². The Balaban J connectivity index is 1.67. The van der Waals surface area contributed by atoms with Crippen LogP contribution in [0.3, 0.4) is 0 Å². The molecule has 0 fully saturated rings. The number of nitrogens with one attached hydrogen (secondary N) is 2. The van der Waals surface area contributed by atoms with Gasteiger partial charge in [-0.2, -0.15) is 0 Å². The van der Waals surface area contributed by atoms with Gasteiger partial charge in [0.2, 0.25) is 0 Å². The molecule has 0 spiro atoms. The third kappa shape index (κ3) is 3.34. The SMILES string of the molecule is C=Cc1nc(C(=O)OCC)c(-c2ccc3c(ccc4sc5c(c43)NC[C@@H](C)NC5=O)n2)s1. The number of hydrogen-bond donors (Lipinski definition) is 2. The number of hydrogen-bond acceptors (Lipinski definition) is 8. The molecule has 5 rings (SSSR count). The summed E-state index contributed by atoms with van der Waals surface area (Å²) in [7, 11) is 0. The first kappa shape index (κ1) is 20.6. The molecule has 0 bridgehead atoms. The fraction of sp³-hybridized carbons (Fsp3) is 0.217. The number of carbonyl (C=O) groups excluding carboxylic acids is 2. The molecule has 1 amide bonds. The van der Waals surface area contributed by atoms with Crippen LogP contribution in [-0.4, -0.2) is 41.0 Å². The molecule has 32 heavy (non-hydrogen) atoms. The Bertz CT molecular complexity index is 1410. The smallest absolute Gasteiger partial charge is 0.358 e. The molecule has 0 radical (unpaired) electrons. The summed E-state index contributed by atoms with van der Waals surface area (Å²) in [5.74, 6) is -0.534. The summed E-state index contributed by atoms with van der Waals surface area (Å²) >= 11 is 2.83. The number of esters is 1. The van der Waals surface area contributed by atoms with Crippen LogP contribution in [-0.2, 0) is 4.74 Å². The zero-order valence-corrected chi connectivity index (χ0v) is 19.2. The van der Waals surface area contributed by atoms with Crippen molar-refractivity contribution in [3.05, 3.63) is 46.4 Å². The Hall–Kier alpha value is -3.30. The number of thiophene rings is 1. The zero-order valence-electron chi connectivity index (χ0n) is 17.5. The van der Waals surface area contributed by atoms with E-state index >= 15 is 0 Å². The Morgan fingerprint density at radius 2 is 2.09 bits per heavy atom. The normalized spacial score (nSPS) is 15.7. The molecule has 0 saturated carbocycles. The number of amides is 1. The molecule has 0 saturated heterocycles. The van der Waals surface area contributed by atoms with Crippen LogP contribution >= 0.6 is 22.7 Å². The summed E-state index contributed by atoms with van der Waals surface area (Å²) in [4.78, 5) is 35.6. The predicted octanol–water partition coefficient (Wildman–Crippen LogP) is 4.94. The Morgan fingerprint density at radius 3 is 2.88 bits per heavy atom. The van der Waals surface area contributed by atoms with Crippen molar-refractivity contribution < 1.29 is 14.3 Å². The van der Waals surface area contributed by atoms with Gasteiger partial charge in [-0.25, -0.2) is 14.8 Å². The highest BCUT2D eigenvalue weighted by atomic mass is 32.1. The van der Waals surface area contributed by atoms with Crippen molar-refractivity contribution in [3.8, 4) is 10.6 Å². The lowest BCUT2D eigenvalue weighted by Crippen LogP contribution is -2.34. The Labute approximate surface area is 192 Å². The van der Waals surface area contributed by atoms with Gasteiger partial charge in [-0.3, -0.25) is 4.79 Å². The molecule has 1 aromatic carbocycles. The Morgan fingerprint density at radius 1 is 1.25 bits per heavy atom. The number of thiazole rings is 1. The number of pyridine rings is 1. The molecule has 4 aromatic rings. The summed E-state index contributed by atoms with van der Waals surface area (Å²) in [6.07, 6.45) is 1.61. The van der Waals surface area contributed by atoms with Gasteiger partial charge in [0.15, 0.2) is 5.69 Å². The van der Waals surface area contributed by atoms with Crippen LogP contribution in [0.15, 0.2) is 30.8 Å².